The number of benzene rings is 2. The summed E-state index contributed by atoms with van der Waals surface area (Å²) in [6.45, 7) is 2.84. The second-order valence-corrected chi connectivity index (χ2v) is 5.42. The van der Waals surface area contributed by atoms with E-state index >= 15 is 0 Å². The zero-order chi connectivity index (χ0) is 14.7. The van der Waals surface area contributed by atoms with Crippen LogP contribution in [0.2, 0.25) is 0 Å². The molecule has 0 radical (unpaired) electrons. The number of hydrogen-bond acceptors (Lipinski definition) is 2. The summed E-state index contributed by atoms with van der Waals surface area (Å²) < 4.78 is 0. The Bertz CT molecular complexity index is 751. The lowest BCUT2D eigenvalue weighted by Gasteiger charge is -2.10. The summed E-state index contributed by atoms with van der Waals surface area (Å²) in [5.41, 5.74) is 4.54. The van der Waals surface area contributed by atoms with Crippen molar-refractivity contribution >= 4 is 28.3 Å². The lowest BCUT2D eigenvalue weighted by molar-refractivity contribution is 1.10. The van der Waals surface area contributed by atoms with Crippen LogP contribution in [-0.4, -0.2) is 4.98 Å². The molecule has 0 amide bonds. The van der Waals surface area contributed by atoms with Gasteiger partial charge in [-0.1, -0.05) is 42.5 Å². The minimum atomic E-state index is 0.555. The van der Waals surface area contributed by atoms with E-state index in [4.69, 9.17) is 16.6 Å². The molecule has 0 saturated carbocycles. The molecule has 0 atom stereocenters. The minimum absolute atomic E-state index is 0.555. The van der Waals surface area contributed by atoms with Gasteiger partial charge in [-0.3, -0.25) is 0 Å². The van der Waals surface area contributed by atoms with Crippen LogP contribution in [0.1, 0.15) is 16.7 Å². The van der Waals surface area contributed by atoms with Gasteiger partial charge in [0, 0.05) is 17.8 Å². The first-order valence-electron chi connectivity index (χ1n) is 7.00. The van der Waals surface area contributed by atoms with E-state index in [0.717, 1.165) is 29.0 Å². The third-order valence-electron chi connectivity index (χ3n) is 3.55. The Labute approximate surface area is 129 Å². The van der Waals surface area contributed by atoms with Crippen molar-refractivity contribution in [1.29, 1.82) is 0 Å². The maximum atomic E-state index is 5.80. The van der Waals surface area contributed by atoms with Gasteiger partial charge < -0.3 is 5.32 Å². The van der Waals surface area contributed by atoms with E-state index in [0.29, 0.717) is 5.88 Å². The van der Waals surface area contributed by atoms with E-state index < -0.39 is 0 Å². The number of rotatable bonds is 4. The van der Waals surface area contributed by atoms with Crippen LogP contribution in [0.5, 0.6) is 0 Å². The van der Waals surface area contributed by atoms with Crippen LogP contribution in [0.15, 0.2) is 54.6 Å². The molecule has 106 valence electrons. The van der Waals surface area contributed by atoms with Crippen molar-refractivity contribution < 1.29 is 0 Å². The molecule has 3 rings (SSSR count). The number of alkyl halides is 1. The average Bonchev–Trinajstić information content (AvgIpc) is 2.53. The van der Waals surface area contributed by atoms with Crippen LogP contribution in [0.25, 0.3) is 10.9 Å². The number of nitrogens with zero attached hydrogens (tertiary/aromatic N) is 1. The number of aryl methyl sites for hydroxylation is 1. The Balaban J connectivity index is 1.79. The second kappa shape index (κ2) is 6.15. The number of para-hydroxylation sites is 1. The Morgan fingerprint density at radius 1 is 1.00 bits per heavy atom. The van der Waals surface area contributed by atoms with Gasteiger partial charge in [-0.2, -0.15) is 0 Å². The fraction of sp³-hybridized carbons (Fsp3) is 0.167. The van der Waals surface area contributed by atoms with Crippen molar-refractivity contribution in [3.63, 3.8) is 0 Å². The lowest BCUT2D eigenvalue weighted by atomic mass is 10.1. The number of anilines is 1. The predicted molar refractivity (Wildman–Crippen MR) is 89.8 cm³/mol. The molecule has 2 aromatic carbocycles. The number of nitrogens with one attached hydrogen (secondary N) is 1. The van der Waals surface area contributed by atoms with Gasteiger partial charge in [0.15, 0.2) is 0 Å². The molecule has 1 heterocycles. The lowest BCUT2D eigenvalue weighted by Crippen LogP contribution is -2.03. The summed E-state index contributed by atoms with van der Waals surface area (Å²) in [6.07, 6.45) is 0. The van der Waals surface area contributed by atoms with Gasteiger partial charge in [0.05, 0.1) is 5.52 Å². The van der Waals surface area contributed by atoms with Crippen LogP contribution in [-0.2, 0) is 12.4 Å². The summed E-state index contributed by atoms with van der Waals surface area (Å²) in [4.78, 5) is 4.69. The monoisotopic (exact) mass is 296 g/mol. The molecule has 0 aliphatic carbocycles. The van der Waals surface area contributed by atoms with Crippen molar-refractivity contribution in [3.8, 4) is 0 Å². The summed E-state index contributed by atoms with van der Waals surface area (Å²) >= 11 is 5.80. The first-order valence-corrected chi connectivity index (χ1v) is 7.54. The van der Waals surface area contributed by atoms with Crippen molar-refractivity contribution in [2.24, 2.45) is 0 Å². The molecule has 21 heavy (non-hydrogen) atoms. The average molecular weight is 297 g/mol. The van der Waals surface area contributed by atoms with Crippen molar-refractivity contribution in [2.75, 3.05) is 5.32 Å². The van der Waals surface area contributed by atoms with Crippen LogP contribution in [0, 0.1) is 6.92 Å². The molecule has 0 unspecified atom stereocenters. The molecule has 0 spiro atoms. The molecule has 0 aliphatic heterocycles. The highest BCUT2D eigenvalue weighted by Crippen LogP contribution is 2.20. The number of halogens is 1. The maximum Gasteiger partial charge on any atom is 0.129 e. The predicted octanol–water partition coefficient (Wildman–Crippen LogP) is 4.89. The fourth-order valence-electron chi connectivity index (χ4n) is 2.33. The largest absolute Gasteiger partial charge is 0.366 e. The molecule has 0 fully saturated rings. The zero-order valence-electron chi connectivity index (χ0n) is 11.9. The highest BCUT2D eigenvalue weighted by atomic mass is 35.5. The number of aromatic nitrogens is 1. The molecule has 3 aromatic rings. The van der Waals surface area contributed by atoms with E-state index in [2.05, 4.69) is 48.6 Å². The van der Waals surface area contributed by atoms with E-state index in [-0.39, 0.29) is 0 Å². The SMILES string of the molecule is Cc1cc2ccccc2nc1NCc1ccc(CCl)cc1. The normalized spacial score (nSPS) is 10.8. The van der Waals surface area contributed by atoms with Gasteiger partial charge in [-0.25, -0.2) is 4.98 Å². The van der Waals surface area contributed by atoms with Crippen LogP contribution >= 0.6 is 11.6 Å². The quantitative estimate of drug-likeness (QED) is 0.693. The minimum Gasteiger partial charge on any atom is -0.366 e. The molecule has 1 N–H and O–H groups in total. The Kier molecular flexibility index (Phi) is 4.07. The smallest absolute Gasteiger partial charge is 0.129 e. The van der Waals surface area contributed by atoms with Crippen molar-refractivity contribution in [3.05, 3.63) is 71.3 Å². The van der Waals surface area contributed by atoms with Gasteiger partial charge >= 0.3 is 0 Å². The first-order chi connectivity index (χ1) is 10.3. The van der Waals surface area contributed by atoms with Crippen LogP contribution < -0.4 is 5.32 Å². The van der Waals surface area contributed by atoms with Gasteiger partial charge in [-0.15, -0.1) is 11.6 Å². The topological polar surface area (TPSA) is 24.9 Å². The third kappa shape index (κ3) is 3.17. The molecular formula is C18H17ClN2. The zero-order valence-corrected chi connectivity index (χ0v) is 12.7. The number of pyridine rings is 1. The molecular weight excluding hydrogens is 280 g/mol. The van der Waals surface area contributed by atoms with E-state index in [1.54, 1.807) is 0 Å². The summed E-state index contributed by atoms with van der Waals surface area (Å²) in [7, 11) is 0. The third-order valence-corrected chi connectivity index (χ3v) is 3.86. The van der Waals surface area contributed by atoms with Gasteiger partial charge in [-0.05, 0) is 35.7 Å². The fourth-order valence-corrected chi connectivity index (χ4v) is 2.51. The Morgan fingerprint density at radius 2 is 1.71 bits per heavy atom. The molecule has 2 nitrogen and oxygen atoms in total. The van der Waals surface area contributed by atoms with Crippen LogP contribution in [0.3, 0.4) is 0 Å². The molecule has 1 aromatic heterocycles. The summed E-state index contributed by atoms with van der Waals surface area (Å²) in [5, 5.41) is 4.59. The summed E-state index contributed by atoms with van der Waals surface area (Å²) in [5.74, 6) is 1.49. The second-order valence-electron chi connectivity index (χ2n) is 5.15. The summed E-state index contributed by atoms with van der Waals surface area (Å²) in [6, 6.07) is 18.7. The molecule has 0 aliphatic rings. The molecule has 0 bridgehead atoms. The van der Waals surface area contributed by atoms with Gasteiger partial charge in [0.1, 0.15) is 5.82 Å². The standard InChI is InChI=1S/C18H17ClN2/c1-13-10-16-4-2-3-5-17(16)21-18(13)20-12-15-8-6-14(11-19)7-9-15/h2-10H,11-12H2,1H3,(H,20,21). The first kappa shape index (κ1) is 13.9. The van der Waals surface area contributed by atoms with Crippen LogP contribution in [0.4, 0.5) is 5.82 Å². The Morgan fingerprint density at radius 3 is 2.48 bits per heavy atom. The van der Waals surface area contributed by atoms with Crippen molar-refractivity contribution in [1.82, 2.24) is 4.98 Å². The highest BCUT2D eigenvalue weighted by Gasteiger charge is 2.03. The maximum absolute atomic E-state index is 5.80. The Hall–Kier alpha value is -2.06. The van der Waals surface area contributed by atoms with Crippen molar-refractivity contribution in [2.45, 2.75) is 19.3 Å². The number of hydrogen-bond donors (Lipinski definition) is 1. The molecule has 0 saturated heterocycles. The van der Waals surface area contributed by atoms with E-state index in [9.17, 15) is 0 Å². The van der Waals surface area contributed by atoms with E-state index in [1.807, 2.05) is 18.2 Å². The van der Waals surface area contributed by atoms with Gasteiger partial charge in [0.2, 0.25) is 0 Å². The van der Waals surface area contributed by atoms with E-state index in [1.165, 1.54) is 10.9 Å². The number of fused-ring (bicyclic) bond motifs is 1. The molecule has 3 heteroatoms. The van der Waals surface area contributed by atoms with Gasteiger partial charge in [0.25, 0.3) is 0 Å². The highest BCUT2D eigenvalue weighted by molar-refractivity contribution is 6.17.